The van der Waals surface area contributed by atoms with Crippen LogP contribution in [0, 0.1) is 0 Å². The number of aliphatic hydroxyl groups is 1. The first kappa shape index (κ1) is 17.2. The Bertz CT molecular complexity index is 537. The third kappa shape index (κ3) is 4.32. The Hall–Kier alpha value is -0.860. The fourth-order valence-corrected chi connectivity index (χ4v) is 2.90. The van der Waals surface area contributed by atoms with Crippen LogP contribution in [0.15, 0.2) is 35.3 Å². The van der Waals surface area contributed by atoms with Crippen LogP contribution in [-0.2, 0) is 0 Å². The number of nitrogens with zero attached hydrogens (tertiary/aromatic N) is 1. The molecule has 1 unspecified atom stereocenters. The standard InChI is InChI=1S/C14H19N3OS.HI/c1-3-16-14(15-2)17-9-11(18)13-8-10-6-4-5-7-12(10)19-13;/h4-8,11,18H,3,9H2,1-2H3,(H2,15,16,17);1H. The highest BCUT2D eigenvalue weighted by molar-refractivity contribution is 14.0. The normalized spacial score (nSPS) is 12.8. The average molecular weight is 405 g/mol. The predicted octanol–water partition coefficient (Wildman–Crippen LogP) is 2.74. The number of thiophene rings is 1. The molecule has 0 fully saturated rings. The maximum atomic E-state index is 10.2. The largest absolute Gasteiger partial charge is 0.386 e. The lowest BCUT2D eigenvalue weighted by Gasteiger charge is -2.13. The molecule has 0 saturated carbocycles. The first-order valence-corrected chi connectivity index (χ1v) is 7.17. The molecule has 0 spiro atoms. The minimum absolute atomic E-state index is 0. The summed E-state index contributed by atoms with van der Waals surface area (Å²) < 4.78 is 1.20. The van der Waals surface area contributed by atoms with Crippen LogP contribution in [0.4, 0.5) is 0 Å². The Kier molecular flexibility index (Phi) is 7.25. The lowest BCUT2D eigenvalue weighted by Crippen LogP contribution is -2.39. The van der Waals surface area contributed by atoms with Gasteiger partial charge in [-0.2, -0.15) is 0 Å². The predicted molar refractivity (Wildman–Crippen MR) is 97.2 cm³/mol. The van der Waals surface area contributed by atoms with Gasteiger partial charge in [0, 0.05) is 29.7 Å². The fraction of sp³-hybridized carbons (Fsp3) is 0.357. The summed E-state index contributed by atoms with van der Waals surface area (Å²) in [6.07, 6.45) is -0.521. The third-order valence-electron chi connectivity index (χ3n) is 2.80. The molecular weight excluding hydrogens is 385 g/mol. The minimum atomic E-state index is -0.521. The van der Waals surface area contributed by atoms with Gasteiger partial charge in [-0.1, -0.05) is 18.2 Å². The van der Waals surface area contributed by atoms with E-state index in [-0.39, 0.29) is 24.0 Å². The Balaban J connectivity index is 0.00000200. The average Bonchev–Trinajstić information content (AvgIpc) is 2.87. The zero-order valence-corrected chi connectivity index (χ0v) is 14.7. The molecule has 1 atom stereocenters. The van der Waals surface area contributed by atoms with Gasteiger partial charge in [0.05, 0.1) is 0 Å². The highest BCUT2D eigenvalue weighted by Crippen LogP contribution is 2.29. The van der Waals surface area contributed by atoms with E-state index in [0.717, 1.165) is 11.4 Å². The number of aliphatic imine (C=N–C) groups is 1. The molecular formula is C14H20IN3OS. The summed E-state index contributed by atoms with van der Waals surface area (Å²) in [7, 11) is 1.72. The van der Waals surface area contributed by atoms with Crippen LogP contribution >= 0.6 is 35.3 Å². The molecule has 110 valence electrons. The van der Waals surface area contributed by atoms with Crippen molar-refractivity contribution in [2.24, 2.45) is 4.99 Å². The highest BCUT2D eigenvalue weighted by Gasteiger charge is 2.11. The lowest BCUT2D eigenvalue weighted by atomic mass is 10.2. The van der Waals surface area contributed by atoms with E-state index >= 15 is 0 Å². The van der Waals surface area contributed by atoms with Crippen molar-refractivity contribution in [3.63, 3.8) is 0 Å². The van der Waals surface area contributed by atoms with Gasteiger partial charge in [0.15, 0.2) is 5.96 Å². The van der Waals surface area contributed by atoms with Crippen molar-refractivity contribution in [3.05, 3.63) is 35.2 Å². The zero-order chi connectivity index (χ0) is 13.7. The first-order chi connectivity index (χ1) is 9.24. The van der Waals surface area contributed by atoms with Crippen LogP contribution in [0.5, 0.6) is 0 Å². The summed E-state index contributed by atoms with van der Waals surface area (Å²) in [4.78, 5) is 5.05. The number of fused-ring (bicyclic) bond motifs is 1. The Labute approximate surface area is 140 Å². The van der Waals surface area contributed by atoms with Gasteiger partial charge in [-0.15, -0.1) is 35.3 Å². The number of aliphatic hydroxyl groups excluding tert-OH is 1. The van der Waals surface area contributed by atoms with E-state index in [1.165, 1.54) is 10.1 Å². The third-order valence-corrected chi connectivity index (χ3v) is 4.02. The topological polar surface area (TPSA) is 56.7 Å². The van der Waals surface area contributed by atoms with E-state index in [0.29, 0.717) is 12.5 Å². The van der Waals surface area contributed by atoms with Crippen molar-refractivity contribution in [3.8, 4) is 0 Å². The van der Waals surface area contributed by atoms with Gasteiger partial charge in [-0.25, -0.2) is 0 Å². The second-order valence-electron chi connectivity index (χ2n) is 4.19. The molecule has 3 N–H and O–H groups in total. The number of hydrogen-bond donors (Lipinski definition) is 3. The molecule has 0 aliphatic rings. The second kappa shape index (κ2) is 8.43. The van der Waals surface area contributed by atoms with E-state index < -0.39 is 6.10 Å². The van der Waals surface area contributed by atoms with Gasteiger partial charge in [-0.3, -0.25) is 4.99 Å². The van der Waals surface area contributed by atoms with Crippen LogP contribution in [0.25, 0.3) is 10.1 Å². The number of halogens is 1. The van der Waals surface area contributed by atoms with Gasteiger partial charge < -0.3 is 15.7 Å². The molecule has 0 radical (unpaired) electrons. The molecule has 0 aliphatic carbocycles. The molecule has 0 bridgehead atoms. The zero-order valence-electron chi connectivity index (χ0n) is 11.6. The molecule has 1 heterocycles. The number of guanidine groups is 1. The molecule has 2 rings (SSSR count). The van der Waals surface area contributed by atoms with Crippen LogP contribution in [-0.4, -0.2) is 31.2 Å². The molecule has 20 heavy (non-hydrogen) atoms. The molecule has 1 aromatic heterocycles. The smallest absolute Gasteiger partial charge is 0.191 e. The van der Waals surface area contributed by atoms with Crippen molar-refractivity contribution in [1.82, 2.24) is 10.6 Å². The van der Waals surface area contributed by atoms with E-state index in [2.05, 4.69) is 27.8 Å². The van der Waals surface area contributed by atoms with E-state index in [9.17, 15) is 5.11 Å². The molecule has 0 saturated heterocycles. The quantitative estimate of drug-likeness (QED) is 0.417. The van der Waals surface area contributed by atoms with Gasteiger partial charge in [0.1, 0.15) is 6.10 Å². The van der Waals surface area contributed by atoms with E-state index in [1.807, 2.05) is 25.1 Å². The van der Waals surface area contributed by atoms with Crippen molar-refractivity contribution in [1.29, 1.82) is 0 Å². The van der Waals surface area contributed by atoms with Crippen LogP contribution in [0.3, 0.4) is 0 Å². The summed E-state index contributed by atoms with van der Waals surface area (Å²) in [6.45, 7) is 3.26. The van der Waals surface area contributed by atoms with Gasteiger partial charge in [0.2, 0.25) is 0 Å². The highest BCUT2D eigenvalue weighted by atomic mass is 127. The minimum Gasteiger partial charge on any atom is -0.386 e. The molecule has 2 aromatic rings. The number of benzene rings is 1. The second-order valence-corrected chi connectivity index (χ2v) is 5.30. The summed E-state index contributed by atoms with van der Waals surface area (Å²) in [5.74, 6) is 0.711. The molecule has 6 heteroatoms. The van der Waals surface area contributed by atoms with Crippen molar-refractivity contribution in [2.75, 3.05) is 20.1 Å². The number of rotatable bonds is 4. The Morgan fingerprint density at radius 1 is 1.35 bits per heavy atom. The summed E-state index contributed by atoms with van der Waals surface area (Å²) in [5.41, 5.74) is 0. The van der Waals surface area contributed by atoms with Crippen LogP contribution in [0.1, 0.15) is 17.9 Å². The maximum Gasteiger partial charge on any atom is 0.191 e. The SMILES string of the molecule is CCNC(=NC)NCC(O)c1cc2ccccc2s1.I. The van der Waals surface area contributed by atoms with Gasteiger partial charge >= 0.3 is 0 Å². The lowest BCUT2D eigenvalue weighted by molar-refractivity contribution is 0.184. The molecule has 1 aromatic carbocycles. The Morgan fingerprint density at radius 3 is 2.75 bits per heavy atom. The van der Waals surface area contributed by atoms with Crippen molar-refractivity contribution < 1.29 is 5.11 Å². The van der Waals surface area contributed by atoms with E-state index in [1.54, 1.807) is 18.4 Å². The van der Waals surface area contributed by atoms with Gasteiger partial charge in [-0.05, 0) is 24.4 Å². The van der Waals surface area contributed by atoms with E-state index in [4.69, 9.17) is 0 Å². The maximum absolute atomic E-state index is 10.2. The fourth-order valence-electron chi connectivity index (χ4n) is 1.85. The van der Waals surface area contributed by atoms with Gasteiger partial charge in [0.25, 0.3) is 0 Å². The first-order valence-electron chi connectivity index (χ1n) is 6.35. The van der Waals surface area contributed by atoms with Crippen molar-refractivity contribution in [2.45, 2.75) is 13.0 Å². The summed E-state index contributed by atoms with van der Waals surface area (Å²) in [6, 6.07) is 10.2. The van der Waals surface area contributed by atoms with Crippen molar-refractivity contribution >= 4 is 51.4 Å². The molecule has 0 amide bonds. The monoisotopic (exact) mass is 405 g/mol. The summed E-state index contributed by atoms with van der Waals surface area (Å²) in [5, 5.41) is 17.6. The molecule has 4 nitrogen and oxygen atoms in total. The number of hydrogen-bond acceptors (Lipinski definition) is 3. The number of nitrogens with one attached hydrogen (secondary N) is 2. The van der Waals surface area contributed by atoms with Crippen LogP contribution < -0.4 is 10.6 Å². The Morgan fingerprint density at radius 2 is 2.10 bits per heavy atom. The molecule has 0 aliphatic heterocycles. The summed E-state index contributed by atoms with van der Waals surface area (Å²) >= 11 is 1.63. The van der Waals surface area contributed by atoms with Crippen LogP contribution in [0.2, 0.25) is 0 Å².